The van der Waals surface area contributed by atoms with E-state index in [9.17, 15) is 14.4 Å². The second-order valence-electron chi connectivity index (χ2n) is 4.84. The molecule has 3 amide bonds. The normalized spacial score (nSPS) is 19.5. The minimum Gasteiger partial charge on any atom is -0.481 e. The van der Waals surface area contributed by atoms with Gasteiger partial charge in [0.05, 0.1) is 11.8 Å². The first-order valence-electron chi connectivity index (χ1n) is 6.70. The van der Waals surface area contributed by atoms with E-state index in [1.807, 2.05) is 6.92 Å². The fourth-order valence-electron chi connectivity index (χ4n) is 2.00. The van der Waals surface area contributed by atoms with Gasteiger partial charge in [0, 0.05) is 17.9 Å². The van der Waals surface area contributed by atoms with Gasteiger partial charge in [0.25, 0.3) is 0 Å². The van der Waals surface area contributed by atoms with Crippen LogP contribution in [0.15, 0.2) is 24.3 Å². The van der Waals surface area contributed by atoms with Gasteiger partial charge in [-0.2, -0.15) is 0 Å². The molecule has 2 unspecified atom stereocenters. The highest BCUT2D eigenvalue weighted by molar-refractivity contribution is 5.99. The third kappa shape index (κ3) is 3.95. The van der Waals surface area contributed by atoms with Gasteiger partial charge >= 0.3 is 12.0 Å². The van der Waals surface area contributed by atoms with Crippen molar-refractivity contribution in [3.05, 3.63) is 24.3 Å². The largest absolute Gasteiger partial charge is 0.481 e. The molecule has 0 aromatic heterocycles. The molecule has 0 bridgehead atoms. The number of aliphatic carboxylic acids is 1. The molecule has 0 aliphatic heterocycles. The van der Waals surface area contributed by atoms with Crippen molar-refractivity contribution in [3.63, 3.8) is 0 Å². The molecule has 1 aromatic rings. The quantitative estimate of drug-likeness (QED) is 0.659. The average molecular weight is 291 g/mol. The molecule has 1 saturated carbocycles. The van der Waals surface area contributed by atoms with Crippen molar-refractivity contribution in [3.8, 4) is 0 Å². The van der Waals surface area contributed by atoms with Crippen molar-refractivity contribution in [1.82, 2.24) is 5.32 Å². The fraction of sp³-hybridized carbons (Fsp3) is 0.357. The van der Waals surface area contributed by atoms with Gasteiger partial charge in [0.2, 0.25) is 5.91 Å². The van der Waals surface area contributed by atoms with Crippen LogP contribution in [0, 0.1) is 11.8 Å². The van der Waals surface area contributed by atoms with E-state index in [-0.39, 0.29) is 11.9 Å². The van der Waals surface area contributed by atoms with E-state index in [2.05, 4.69) is 16.0 Å². The monoisotopic (exact) mass is 291 g/mol. The molecule has 1 aliphatic rings. The molecule has 7 nitrogen and oxygen atoms in total. The van der Waals surface area contributed by atoms with Crippen LogP contribution in [0.25, 0.3) is 0 Å². The van der Waals surface area contributed by atoms with Gasteiger partial charge in [0.1, 0.15) is 0 Å². The molecular formula is C14H17N3O4. The maximum Gasteiger partial charge on any atom is 0.319 e. The van der Waals surface area contributed by atoms with Crippen molar-refractivity contribution in [1.29, 1.82) is 0 Å². The summed E-state index contributed by atoms with van der Waals surface area (Å²) in [5, 5.41) is 16.7. The molecule has 0 spiro atoms. The molecule has 7 heteroatoms. The number of carbonyl (C=O) groups excluding carboxylic acids is 2. The Hall–Kier alpha value is -2.57. The number of hydrogen-bond donors (Lipinski definition) is 4. The van der Waals surface area contributed by atoms with Crippen LogP contribution in [0.1, 0.15) is 13.3 Å². The lowest BCUT2D eigenvalue weighted by Gasteiger charge is -2.09. The minimum absolute atomic E-state index is 0.308. The number of carbonyl (C=O) groups is 3. The van der Waals surface area contributed by atoms with Crippen LogP contribution in [0.5, 0.6) is 0 Å². The lowest BCUT2D eigenvalue weighted by atomic mass is 10.2. The Morgan fingerprint density at radius 2 is 1.86 bits per heavy atom. The molecule has 0 radical (unpaired) electrons. The second-order valence-corrected chi connectivity index (χ2v) is 4.84. The minimum atomic E-state index is -0.943. The SMILES string of the molecule is CCNC(=O)Nc1cccc(NC(=O)C2CC2C(=O)O)c1. The number of benzene rings is 1. The summed E-state index contributed by atoms with van der Waals surface area (Å²) in [4.78, 5) is 34.0. The highest BCUT2D eigenvalue weighted by Gasteiger charge is 2.48. The van der Waals surface area contributed by atoms with Gasteiger partial charge in [0.15, 0.2) is 0 Å². The number of urea groups is 1. The van der Waals surface area contributed by atoms with Crippen molar-refractivity contribution >= 4 is 29.3 Å². The van der Waals surface area contributed by atoms with E-state index in [0.717, 1.165) is 0 Å². The molecule has 112 valence electrons. The third-order valence-electron chi connectivity index (χ3n) is 3.17. The van der Waals surface area contributed by atoms with Gasteiger partial charge in [-0.25, -0.2) is 4.79 Å². The van der Waals surface area contributed by atoms with Gasteiger partial charge in [-0.1, -0.05) is 6.07 Å². The number of nitrogens with one attached hydrogen (secondary N) is 3. The second kappa shape index (κ2) is 6.25. The van der Waals surface area contributed by atoms with Crippen LogP contribution in [-0.4, -0.2) is 29.6 Å². The predicted molar refractivity (Wildman–Crippen MR) is 77.0 cm³/mol. The number of anilines is 2. The Morgan fingerprint density at radius 3 is 2.43 bits per heavy atom. The predicted octanol–water partition coefficient (Wildman–Crippen LogP) is 1.49. The molecule has 21 heavy (non-hydrogen) atoms. The Morgan fingerprint density at radius 1 is 1.19 bits per heavy atom. The number of amides is 3. The first kappa shape index (κ1) is 14.8. The van der Waals surface area contributed by atoms with Crippen LogP contribution in [0.4, 0.5) is 16.2 Å². The highest BCUT2D eigenvalue weighted by atomic mass is 16.4. The smallest absolute Gasteiger partial charge is 0.319 e. The zero-order valence-corrected chi connectivity index (χ0v) is 11.6. The summed E-state index contributed by atoms with van der Waals surface area (Å²) in [7, 11) is 0. The standard InChI is InChI=1S/C14H17N3O4/c1-2-15-14(21)17-9-5-3-4-8(6-9)16-12(18)10-7-11(10)13(19)20/h3-6,10-11H,2,7H2,1H3,(H,16,18)(H,19,20)(H2,15,17,21). The Bertz CT molecular complexity index is 573. The number of carboxylic acids is 1. The van der Waals surface area contributed by atoms with Crippen LogP contribution in [0.2, 0.25) is 0 Å². The topological polar surface area (TPSA) is 108 Å². The fourth-order valence-corrected chi connectivity index (χ4v) is 2.00. The Balaban J connectivity index is 1.94. The lowest BCUT2D eigenvalue weighted by molar-refractivity contribution is -0.139. The van der Waals surface area contributed by atoms with Gasteiger partial charge < -0.3 is 21.1 Å². The summed E-state index contributed by atoms with van der Waals surface area (Å²) in [6, 6.07) is 6.36. The molecule has 0 saturated heterocycles. The molecule has 4 N–H and O–H groups in total. The highest BCUT2D eigenvalue weighted by Crippen LogP contribution is 2.39. The summed E-state index contributed by atoms with van der Waals surface area (Å²) in [6.45, 7) is 2.32. The van der Waals surface area contributed by atoms with Gasteiger partial charge in [-0.3, -0.25) is 9.59 Å². The van der Waals surface area contributed by atoms with Crippen LogP contribution in [-0.2, 0) is 9.59 Å². The van der Waals surface area contributed by atoms with Gasteiger partial charge in [-0.05, 0) is 31.5 Å². The van der Waals surface area contributed by atoms with Crippen LogP contribution >= 0.6 is 0 Å². The van der Waals surface area contributed by atoms with Crippen molar-refractivity contribution < 1.29 is 19.5 Å². The maximum absolute atomic E-state index is 11.9. The Labute approximate surface area is 121 Å². The molecular weight excluding hydrogens is 274 g/mol. The summed E-state index contributed by atoms with van der Waals surface area (Å²) in [6.07, 6.45) is 0.373. The van der Waals surface area contributed by atoms with Crippen molar-refractivity contribution in [2.75, 3.05) is 17.2 Å². The molecule has 0 heterocycles. The molecule has 2 atom stereocenters. The number of hydrogen-bond acceptors (Lipinski definition) is 3. The summed E-state index contributed by atoms with van der Waals surface area (Å²) in [5.41, 5.74) is 1.06. The average Bonchev–Trinajstić information content (AvgIpc) is 3.19. The molecule has 1 fully saturated rings. The zero-order valence-electron chi connectivity index (χ0n) is 11.6. The van der Waals surface area contributed by atoms with Gasteiger partial charge in [-0.15, -0.1) is 0 Å². The number of carboxylic acid groups (broad SMARTS) is 1. The zero-order chi connectivity index (χ0) is 15.4. The number of rotatable bonds is 5. The summed E-state index contributed by atoms with van der Waals surface area (Å²) < 4.78 is 0. The third-order valence-corrected chi connectivity index (χ3v) is 3.17. The van der Waals surface area contributed by atoms with E-state index >= 15 is 0 Å². The van der Waals surface area contributed by atoms with E-state index in [1.165, 1.54) is 0 Å². The van der Waals surface area contributed by atoms with E-state index in [0.29, 0.717) is 24.3 Å². The Kier molecular flexibility index (Phi) is 4.42. The van der Waals surface area contributed by atoms with Crippen molar-refractivity contribution in [2.45, 2.75) is 13.3 Å². The first-order chi connectivity index (χ1) is 10.0. The lowest BCUT2D eigenvalue weighted by Crippen LogP contribution is -2.28. The summed E-state index contributed by atoms with van der Waals surface area (Å²) in [5.74, 6) is -2.30. The molecule has 1 aliphatic carbocycles. The van der Waals surface area contributed by atoms with Crippen molar-refractivity contribution in [2.24, 2.45) is 11.8 Å². The van der Waals surface area contributed by atoms with Crippen LogP contribution < -0.4 is 16.0 Å². The summed E-state index contributed by atoms with van der Waals surface area (Å²) >= 11 is 0. The first-order valence-corrected chi connectivity index (χ1v) is 6.70. The van der Waals surface area contributed by atoms with Crippen LogP contribution in [0.3, 0.4) is 0 Å². The van der Waals surface area contributed by atoms with E-state index in [1.54, 1.807) is 24.3 Å². The van der Waals surface area contributed by atoms with E-state index in [4.69, 9.17) is 5.11 Å². The maximum atomic E-state index is 11.9. The molecule has 2 rings (SSSR count). The molecule has 1 aromatic carbocycles. The van der Waals surface area contributed by atoms with E-state index < -0.39 is 17.8 Å².